The molecule has 0 atom stereocenters. The summed E-state index contributed by atoms with van der Waals surface area (Å²) in [6, 6.07) is 5.39. The lowest BCUT2D eigenvalue weighted by Crippen LogP contribution is -2.19. The molecule has 1 aromatic rings. The van der Waals surface area contributed by atoms with Gasteiger partial charge < -0.3 is 10.6 Å². The molecule has 3 heteroatoms. The lowest BCUT2D eigenvalue weighted by atomic mass is 10.0. The van der Waals surface area contributed by atoms with Crippen LogP contribution in [-0.4, -0.2) is 19.0 Å². The van der Waals surface area contributed by atoms with Gasteiger partial charge in [-0.3, -0.25) is 0 Å². The van der Waals surface area contributed by atoms with Gasteiger partial charge in [-0.05, 0) is 38.6 Å². The van der Waals surface area contributed by atoms with Gasteiger partial charge in [-0.25, -0.2) is 4.39 Å². The van der Waals surface area contributed by atoms with Crippen molar-refractivity contribution in [2.45, 2.75) is 24.9 Å². The van der Waals surface area contributed by atoms with Gasteiger partial charge in [0, 0.05) is 17.6 Å². The van der Waals surface area contributed by atoms with Crippen LogP contribution in [0.25, 0.3) is 0 Å². The summed E-state index contributed by atoms with van der Waals surface area (Å²) in [5.74, 6) is -0.141. The summed E-state index contributed by atoms with van der Waals surface area (Å²) in [5.41, 5.74) is 7.43. The fourth-order valence-corrected chi connectivity index (χ4v) is 1.75. The zero-order chi connectivity index (χ0) is 11.1. The number of nitrogens with two attached hydrogens (primary N) is 1. The van der Waals surface area contributed by atoms with Crippen molar-refractivity contribution >= 4 is 0 Å². The smallest absolute Gasteiger partial charge is 0.128 e. The van der Waals surface area contributed by atoms with Crippen molar-refractivity contribution < 1.29 is 4.39 Å². The van der Waals surface area contributed by atoms with Gasteiger partial charge in [0.1, 0.15) is 5.82 Å². The molecule has 82 valence electrons. The monoisotopic (exact) mass is 208 g/mol. The molecule has 0 amide bonds. The molecule has 0 bridgehead atoms. The van der Waals surface area contributed by atoms with E-state index < -0.39 is 0 Å². The van der Waals surface area contributed by atoms with E-state index in [1.807, 2.05) is 31.1 Å². The largest absolute Gasteiger partial charge is 0.321 e. The third-order valence-corrected chi connectivity index (χ3v) is 2.90. The minimum Gasteiger partial charge on any atom is -0.321 e. The fraction of sp³-hybridized carbons (Fsp3) is 0.500. The van der Waals surface area contributed by atoms with Crippen LogP contribution in [0.2, 0.25) is 0 Å². The Kier molecular flexibility index (Phi) is 2.52. The lowest BCUT2D eigenvalue weighted by Gasteiger charge is -2.13. The molecule has 1 aromatic carbocycles. The Labute approximate surface area is 89.9 Å². The Balaban J connectivity index is 2.23. The first kappa shape index (κ1) is 10.6. The van der Waals surface area contributed by atoms with E-state index in [1.54, 1.807) is 6.07 Å². The van der Waals surface area contributed by atoms with E-state index in [2.05, 4.69) is 0 Å². The van der Waals surface area contributed by atoms with Gasteiger partial charge >= 0.3 is 0 Å². The third-order valence-electron chi connectivity index (χ3n) is 2.90. The molecule has 2 N–H and O–H groups in total. The zero-order valence-corrected chi connectivity index (χ0v) is 9.26. The van der Waals surface area contributed by atoms with Crippen molar-refractivity contribution in [3.8, 4) is 0 Å². The number of benzene rings is 1. The van der Waals surface area contributed by atoms with Crippen LogP contribution in [0, 0.1) is 5.82 Å². The maximum absolute atomic E-state index is 13.7. The van der Waals surface area contributed by atoms with Crippen LogP contribution in [0.15, 0.2) is 18.2 Å². The zero-order valence-electron chi connectivity index (χ0n) is 9.26. The molecule has 2 nitrogen and oxygen atoms in total. The fourth-order valence-electron chi connectivity index (χ4n) is 1.75. The predicted octanol–water partition coefficient (Wildman–Crippen LogP) is 1.84. The van der Waals surface area contributed by atoms with E-state index in [0.717, 1.165) is 24.0 Å². The van der Waals surface area contributed by atoms with Crippen molar-refractivity contribution in [1.82, 2.24) is 4.90 Å². The van der Waals surface area contributed by atoms with Crippen molar-refractivity contribution in [2.75, 3.05) is 14.1 Å². The molecule has 0 radical (unpaired) electrons. The molecule has 1 aliphatic carbocycles. The Hall–Kier alpha value is -0.930. The van der Waals surface area contributed by atoms with Crippen LogP contribution in [0.5, 0.6) is 0 Å². The van der Waals surface area contributed by atoms with E-state index >= 15 is 0 Å². The standard InChI is InChI=1S/C12H17FN2/c1-15(2)8-9-3-4-10(7-11(9)13)12(14)5-6-12/h3-4,7H,5-6,8,14H2,1-2H3. The number of rotatable bonds is 3. The minimum atomic E-state index is -0.239. The topological polar surface area (TPSA) is 29.3 Å². The highest BCUT2D eigenvalue weighted by Crippen LogP contribution is 2.42. The Morgan fingerprint density at radius 3 is 2.53 bits per heavy atom. The molecule has 0 spiro atoms. The summed E-state index contributed by atoms with van der Waals surface area (Å²) in [6.07, 6.45) is 1.94. The molecular weight excluding hydrogens is 191 g/mol. The summed E-state index contributed by atoms with van der Waals surface area (Å²) >= 11 is 0. The van der Waals surface area contributed by atoms with E-state index in [1.165, 1.54) is 0 Å². The third kappa shape index (κ3) is 2.19. The maximum Gasteiger partial charge on any atom is 0.128 e. The first-order chi connectivity index (χ1) is 7.01. The van der Waals surface area contributed by atoms with Gasteiger partial charge in [-0.1, -0.05) is 12.1 Å². The normalized spacial score (nSPS) is 18.2. The van der Waals surface area contributed by atoms with E-state index in [4.69, 9.17) is 5.73 Å². The van der Waals surface area contributed by atoms with Crippen molar-refractivity contribution in [1.29, 1.82) is 0 Å². The van der Waals surface area contributed by atoms with Gasteiger partial charge in [0.2, 0.25) is 0 Å². The summed E-state index contributed by atoms with van der Waals surface area (Å²) < 4.78 is 13.7. The highest BCUT2D eigenvalue weighted by Gasteiger charge is 2.40. The molecule has 0 saturated heterocycles. The molecule has 0 aliphatic heterocycles. The van der Waals surface area contributed by atoms with Crippen LogP contribution in [0.3, 0.4) is 0 Å². The van der Waals surface area contributed by atoms with Crippen molar-refractivity contribution in [3.05, 3.63) is 35.1 Å². The quantitative estimate of drug-likeness (QED) is 0.821. The molecular formula is C12H17FN2. The minimum absolute atomic E-state index is 0.141. The summed E-state index contributed by atoms with van der Waals surface area (Å²) in [6.45, 7) is 0.629. The van der Waals surface area contributed by atoms with Crippen LogP contribution in [-0.2, 0) is 12.1 Å². The molecule has 1 aliphatic rings. The summed E-state index contributed by atoms with van der Waals surface area (Å²) in [5, 5.41) is 0. The Bertz CT molecular complexity index is 370. The van der Waals surface area contributed by atoms with Gasteiger partial charge in [0.15, 0.2) is 0 Å². The second-order valence-electron chi connectivity index (χ2n) is 4.70. The SMILES string of the molecule is CN(C)Cc1ccc(C2(N)CC2)cc1F. The first-order valence-electron chi connectivity index (χ1n) is 5.24. The molecule has 1 fully saturated rings. The maximum atomic E-state index is 13.7. The summed E-state index contributed by atoms with van der Waals surface area (Å²) in [4.78, 5) is 1.95. The number of hydrogen-bond acceptors (Lipinski definition) is 2. The number of hydrogen-bond donors (Lipinski definition) is 1. The van der Waals surface area contributed by atoms with Crippen molar-refractivity contribution in [3.63, 3.8) is 0 Å². The van der Waals surface area contributed by atoms with Gasteiger partial charge in [0.25, 0.3) is 0 Å². The molecule has 1 saturated carbocycles. The number of halogens is 1. The first-order valence-corrected chi connectivity index (χ1v) is 5.24. The molecule has 0 heterocycles. The second-order valence-corrected chi connectivity index (χ2v) is 4.70. The highest BCUT2D eigenvalue weighted by molar-refractivity contribution is 5.33. The molecule has 15 heavy (non-hydrogen) atoms. The predicted molar refractivity (Wildman–Crippen MR) is 58.9 cm³/mol. The average Bonchev–Trinajstić information content (AvgIpc) is 2.88. The van der Waals surface area contributed by atoms with Gasteiger partial charge in [-0.15, -0.1) is 0 Å². The van der Waals surface area contributed by atoms with Crippen molar-refractivity contribution in [2.24, 2.45) is 5.73 Å². The lowest BCUT2D eigenvalue weighted by molar-refractivity contribution is 0.392. The molecule has 0 unspecified atom stereocenters. The van der Waals surface area contributed by atoms with Gasteiger partial charge in [0.05, 0.1) is 0 Å². The Morgan fingerprint density at radius 2 is 2.07 bits per heavy atom. The van der Waals surface area contributed by atoms with E-state index in [-0.39, 0.29) is 11.4 Å². The van der Waals surface area contributed by atoms with Crippen LogP contribution in [0.4, 0.5) is 4.39 Å². The number of nitrogens with zero attached hydrogens (tertiary/aromatic N) is 1. The van der Waals surface area contributed by atoms with Crippen LogP contribution in [0.1, 0.15) is 24.0 Å². The average molecular weight is 208 g/mol. The highest BCUT2D eigenvalue weighted by atomic mass is 19.1. The molecule has 0 aromatic heterocycles. The van der Waals surface area contributed by atoms with Crippen LogP contribution >= 0.6 is 0 Å². The van der Waals surface area contributed by atoms with E-state index in [0.29, 0.717) is 6.54 Å². The van der Waals surface area contributed by atoms with Gasteiger partial charge in [-0.2, -0.15) is 0 Å². The molecule has 2 rings (SSSR count). The van der Waals surface area contributed by atoms with E-state index in [9.17, 15) is 4.39 Å². The van der Waals surface area contributed by atoms with Crippen LogP contribution < -0.4 is 5.73 Å². The second kappa shape index (κ2) is 3.58. The summed E-state index contributed by atoms with van der Waals surface area (Å²) in [7, 11) is 3.86. The Morgan fingerprint density at radius 1 is 1.40 bits per heavy atom.